The van der Waals surface area contributed by atoms with Crippen LogP contribution in [0, 0.1) is 12.3 Å². The maximum atomic E-state index is 11.0. The predicted octanol–water partition coefficient (Wildman–Crippen LogP) is -0.512. The molecule has 0 aliphatic carbocycles. The third-order valence-electron chi connectivity index (χ3n) is 1.64. The zero-order valence-corrected chi connectivity index (χ0v) is 6.39. The number of hydrogen-bond acceptors (Lipinski definition) is 2. The number of rotatable bonds is 3. The van der Waals surface area contributed by atoms with Crippen LogP contribution in [0.3, 0.4) is 0 Å². The normalized spacial score (nSPS) is 16.6. The minimum Gasteiger partial charge on any atom is -0.351 e. The summed E-state index contributed by atoms with van der Waals surface area (Å²) in [5.74, 6) is 2.50. The van der Waals surface area contributed by atoms with E-state index in [1.165, 1.54) is 0 Å². The molecule has 0 aromatic carbocycles. The van der Waals surface area contributed by atoms with E-state index in [0.717, 1.165) is 13.1 Å². The van der Waals surface area contributed by atoms with E-state index in [9.17, 15) is 4.79 Å². The first-order valence-electron chi connectivity index (χ1n) is 3.76. The quantitative estimate of drug-likeness (QED) is 0.535. The van der Waals surface area contributed by atoms with Gasteiger partial charge in [0.1, 0.15) is 0 Å². The molecule has 1 fully saturated rings. The van der Waals surface area contributed by atoms with Gasteiger partial charge in [-0.25, -0.2) is 0 Å². The summed E-state index contributed by atoms with van der Waals surface area (Å²) in [5.41, 5.74) is 0. The van der Waals surface area contributed by atoms with Crippen LogP contribution in [0.25, 0.3) is 0 Å². The van der Waals surface area contributed by atoms with Crippen molar-refractivity contribution in [2.45, 2.75) is 18.9 Å². The third-order valence-corrected chi connectivity index (χ3v) is 1.64. The summed E-state index contributed by atoms with van der Waals surface area (Å²) in [6.07, 6.45) is 6.00. The lowest BCUT2D eigenvalue weighted by Gasteiger charge is -2.27. The largest absolute Gasteiger partial charge is 0.351 e. The number of carbonyl (C=O) groups is 1. The molecule has 0 radical (unpaired) electrons. The topological polar surface area (TPSA) is 41.1 Å². The summed E-state index contributed by atoms with van der Waals surface area (Å²) in [6.45, 7) is 1.78. The number of terminal acetylenes is 1. The minimum atomic E-state index is 0.0643. The second-order valence-corrected chi connectivity index (χ2v) is 2.63. The molecule has 1 aliphatic heterocycles. The Morgan fingerprint density at radius 3 is 2.91 bits per heavy atom. The number of carbonyl (C=O) groups excluding carboxylic acids is 1. The Balaban J connectivity index is 2.06. The first kappa shape index (κ1) is 8.09. The van der Waals surface area contributed by atoms with Crippen molar-refractivity contribution >= 4 is 5.91 Å². The highest BCUT2D eigenvalue weighted by atomic mass is 16.1. The van der Waals surface area contributed by atoms with Crippen molar-refractivity contribution in [3.63, 3.8) is 0 Å². The van der Waals surface area contributed by atoms with Crippen molar-refractivity contribution < 1.29 is 4.79 Å². The van der Waals surface area contributed by atoms with E-state index in [0.29, 0.717) is 18.9 Å². The molecule has 0 spiro atoms. The van der Waals surface area contributed by atoms with Crippen LogP contribution < -0.4 is 10.6 Å². The van der Waals surface area contributed by atoms with Gasteiger partial charge in [0.2, 0.25) is 5.91 Å². The molecule has 11 heavy (non-hydrogen) atoms. The molecule has 1 saturated heterocycles. The molecule has 3 heteroatoms. The van der Waals surface area contributed by atoms with E-state index in [2.05, 4.69) is 16.6 Å². The molecule has 3 nitrogen and oxygen atoms in total. The monoisotopic (exact) mass is 152 g/mol. The van der Waals surface area contributed by atoms with Gasteiger partial charge in [0.25, 0.3) is 0 Å². The van der Waals surface area contributed by atoms with Crippen LogP contribution >= 0.6 is 0 Å². The SMILES string of the molecule is C#CCCC(=O)NC1CNC1. The van der Waals surface area contributed by atoms with Crippen LogP contribution in [0.4, 0.5) is 0 Å². The van der Waals surface area contributed by atoms with E-state index >= 15 is 0 Å². The smallest absolute Gasteiger partial charge is 0.221 e. The highest BCUT2D eigenvalue weighted by Crippen LogP contribution is 1.93. The summed E-state index contributed by atoms with van der Waals surface area (Å²) in [4.78, 5) is 11.0. The lowest BCUT2D eigenvalue weighted by atomic mass is 10.1. The molecular formula is C8H12N2O. The summed E-state index contributed by atoms with van der Waals surface area (Å²) in [7, 11) is 0. The Morgan fingerprint density at radius 1 is 1.73 bits per heavy atom. The van der Waals surface area contributed by atoms with Crippen LogP contribution in [-0.4, -0.2) is 25.0 Å². The first-order valence-corrected chi connectivity index (χ1v) is 3.76. The van der Waals surface area contributed by atoms with Gasteiger partial charge in [-0.15, -0.1) is 12.3 Å². The van der Waals surface area contributed by atoms with Gasteiger partial charge in [-0.3, -0.25) is 4.79 Å². The van der Waals surface area contributed by atoms with Crippen LogP contribution in [0.5, 0.6) is 0 Å². The Bertz CT molecular complexity index is 179. The lowest BCUT2D eigenvalue weighted by Crippen LogP contribution is -2.56. The molecule has 0 aromatic heterocycles. The molecule has 1 rings (SSSR count). The van der Waals surface area contributed by atoms with Crippen LogP contribution in [0.2, 0.25) is 0 Å². The fourth-order valence-corrected chi connectivity index (χ4v) is 0.876. The molecule has 0 unspecified atom stereocenters. The lowest BCUT2D eigenvalue weighted by molar-refractivity contribution is -0.122. The maximum absolute atomic E-state index is 11.0. The van der Waals surface area contributed by atoms with Gasteiger partial charge in [0, 0.05) is 25.9 Å². The molecule has 0 bridgehead atoms. The van der Waals surface area contributed by atoms with E-state index in [1.807, 2.05) is 0 Å². The van der Waals surface area contributed by atoms with Gasteiger partial charge in [-0.2, -0.15) is 0 Å². The summed E-state index contributed by atoms with van der Waals surface area (Å²) < 4.78 is 0. The highest BCUT2D eigenvalue weighted by molar-refractivity contribution is 5.76. The summed E-state index contributed by atoms with van der Waals surface area (Å²) >= 11 is 0. The fourth-order valence-electron chi connectivity index (χ4n) is 0.876. The van der Waals surface area contributed by atoms with Crippen molar-refractivity contribution in [1.29, 1.82) is 0 Å². The van der Waals surface area contributed by atoms with Gasteiger partial charge >= 0.3 is 0 Å². The van der Waals surface area contributed by atoms with Gasteiger partial charge < -0.3 is 10.6 Å². The molecular weight excluding hydrogens is 140 g/mol. The zero-order valence-electron chi connectivity index (χ0n) is 6.39. The number of amides is 1. The van der Waals surface area contributed by atoms with E-state index < -0.39 is 0 Å². The fraction of sp³-hybridized carbons (Fsp3) is 0.625. The first-order chi connectivity index (χ1) is 5.33. The number of nitrogens with one attached hydrogen (secondary N) is 2. The van der Waals surface area contributed by atoms with E-state index in [-0.39, 0.29) is 5.91 Å². The molecule has 1 heterocycles. The van der Waals surface area contributed by atoms with Crippen molar-refractivity contribution in [2.24, 2.45) is 0 Å². The molecule has 1 amide bonds. The van der Waals surface area contributed by atoms with Crippen molar-refractivity contribution in [3.05, 3.63) is 0 Å². The van der Waals surface area contributed by atoms with Crippen molar-refractivity contribution in [3.8, 4) is 12.3 Å². The minimum absolute atomic E-state index is 0.0643. The molecule has 1 aliphatic rings. The molecule has 2 N–H and O–H groups in total. The molecule has 0 saturated carbocycles. The van der Waals surface area contributed by atoms with Gasteiger partial charge in [0.05, 0.1) is 6.04 Å². The predicted molar refractivity (Wildman–Crippen MR) is 42.9 cm³/mol. The van der Waals surface area contributed by atoms with Gasteiger partial charge in [-0.05, 0) is 0 Å². The average Bonchev–Trinajstić information content (AvgIpc) is 1.93. The Kier molecular flexibility index (Phi) is 2.94. The van der Waals surface area contributed by atoms with E-state index in [4.69, 9.17) is 6.42 Å². The molecule has 60 valence electrons. The third kappa shape index (κ3) is 2.60. The van der Waals surface area contributed by atoms with E-state index in [1.54, 1.807) is 0 Å². The molecule has 0 atom stereocenters. The van der Waals surface area contributed by atoms with Crippen molar-refractivity contribution in [2.75, 3.05) is 13.1 Å². The Morgan fingerprint density at radius 2 is 2.45 bits per heavy atom. The highest BCUT2D eigenvalue weighted by Gasteiger charge is 2.17. The van der Waals surface area contributed by atoms with Crippen LogP contribution in [0.15, 0.2) is 0 Å². The maximum Gasteiger partial charge on any atom is 0.221 e. The standard InChI is InChI=1S/C8H12N2O/c1-2-3-4-8(11)10-7-5-9-6-7/h1,7,9H,3-6H2,(H,10,11). The summed E-state index contributed by atoms with van der Waals surface area (Å²) in [6, 6.07) is 0.334. The average molecular weight is 152 g/mol. The van der Waals surface area contributed by atoms with Gasteiger partial charge in [-0.1, -0.05) is 0 Å². The Hall–Kier alpha value is -1.01. The van der Waals surface area contributed by atoms with Crippen LogP contribution in [0.1, 0.15) is 12.8 Å². The number of hydrogen-bond donors (Lipinski definition) is 2. The second-order valence-electron chi connectivity index (χ2n) is 2.63. The second kappa shape index (κ2) is 3.99. The van der Waals surface area contributed by atoms with Gasteiger partial charge in [0.15, 0.2) is 0 Å². The molecule has 0 aromatic rings. The zero-order chi connectivity index (χ0) is 8.10. The summed E-state index contributed by atoms with van der Waals surface area (Å²) in [5, 5.41) is 5.92. The Labute approximate surface area is 66.5 Å². The van der Waals surface area contributed by atoms with Crippen LogP contribution in [-0.2, 0) is 4.79 Å². The van der Waals surface area contributed by atoms with Crippen molar-refractivity contribution in [1.82, 2.24) is 10.6 Å².